The Hall–Kier alpha value is -2.95. The number of carbonyl (C=O) groups excluding carboxylic acids is 1. The molecule has 0 fully saturated rings. The summed E-state index contributed by atoms with van der Waals surface area (Å²) in [6, 6.07) is 10.8. The molecule has 0 aliphatic rings. The second kappa shape index (κ2) is 6.67. The van der Waals surface area contributed by atoms with Crippen molar-refractivity contribution in [1.82, 2.24) is 0 Å². The van der Waals surface area contributed by atoms with Crippen molar-refractivity contribution in [2.75, 3.05) is 0 Å². The molecule has 5 heteroatoms. The van der Waals surface area contributed by atoms with Crippen LogP contribution in [0.3, 0.4) is 0 Å². The van der Waals surface area contributed by atoms with Crippen LogP contribution < -0.4 is 9.47 Å². The largest absolute Gasteiger partial charge is 0.444 e. The maximum Gasteiger partial charge on any atom is 0.335 e. The summed E-state index contributed by atoms with van der Waals surface area (Å²) in [6.45, 7) is 4.78. The molecule has 2 aromatic carbocycles. The van der Waals surface area contributed by atoms with Gasteiger partial charge in [-0.25, -0.2) is 9.18 Å². The van der Waals surface area contributed by atoms with Gasteiger partial charge in [-0.2, -0.15) is 0 Å². The summed E-state index contributed by atoms with van der Waals surface area (Å²) in [5, 5.41) is 7.22. The Bertz CT molecular complexity index is 723. The van der Waals surface area contributed by atoms with Gasteiger partial charge in [-0.15, -0.1) is 0 Å². The highest BCUT2D eigenvalue weighted by molar-refractivity contribution is 5.83. The Morgan fingerprint density at radius 1 is 1.14 bits per heavy atom. The van der Waals surface area contributed by atoms with Gasteiger partial charge >= 0.3 is 5.97 Å². The van der Waals surface area contributed by atoms with Crippen LogP contribution in [0.4, 0.5) is 4.39 Å². The predicted octanol–water partition coefficient (Wildman–Crippen LogP) is 3.96. The second-order valence-corrected chi connectivity index (χ2v) is 4.45. The molecular formula is C17H14FNO3. The lowest BCUT2D eigenvalue weighted by Crippen LogP contribution is -2.02. The summed E-state index contributed by atoms with van der Waals surface area (Å²) in [7, 11) is 0. The van der Waals surface area contributed by atoms with E-state index in [-0.39, 0.29) is 11.6 Å². The molecule has 0 bridgehead atoms. The first-order chi connectivity index (χ1) is 10.5. The van der Waals surface area contributed by atoms with Crippen LogP contribution in [0.2, 0.25) is 0 Å². The van der Waals surface area contributed by atoms with Gasteiger partial charge < -0.3 is 9.47 Å². The van der Waals surface area contributed by atoms with Crippen LogP contribution in [0.1, 0.15) is 6.92 Å². The van der Waals surface area contributed by atoms with Crippen molar-refractivity contribution < 1.29 is 18.7 Å². The number of benzene rings is 2. The van der Waals surface area contributed by atoms with Crippen LogP contribution in [0, 0.1) is 11.2 Å². The Labute approximate surface area is 127 Å². The van der Waals surface area contributed by atoms with Crippen molar-refractivity contribution in [1.29, 1.82) is 5.41 Å². The molecule has 0 unspecified atom stereocenters. The second-order valence-electron chi connectivity index (χ2n) is 4.45. The lowest BCUT2D eigenvalue weighted by Gasteiger charge is -2.08. The number of halogens is 1. The fourth-order valence-electron chi connectivity index (χ4n) is 1.83. The summed E-state index contributed by atoms with van der Waals surface area (Å²) in [5.41, 5.74) is 1.02. The average Bonchev–Trinajstić information content (AvgIpc) is 2.48. The van der Waals surface area contributed by atoms with Crippen LogP contribution in [-0.2, 0) is 4.79 Å². The highest BCUT2D eigenvalue weighted by atomic mass is 19.1. The summed E-state index contributed by atoms with van der Waals surface area (Å²) in [6.07, 6.45) is 1.07. The monoisotopic (exact) mass is 299 g/mol. The van der Waals surface area contributed by atoms with Crippen LogP contribution in [0.25, 0.3) is 11.1 Å². The maximum atomic E-state index is 14.1. The SMILES string of the molecule is C=CC(=O)Oc1ccc(-c2ccc(OC(C)=N)cc2F)cc1. The number of rotatable bonds is 4. The molecule has 2 aromatic rings. The normalized spacial score (nSPS) is 9.91. The van der Waals surface area contributed by atoms with Crippen LogP contribution in [0.5, 0.6) is 11.5 Å². The Balaban J connectivity index is 2.22. The van der Waals surface area contributed by atoms with E-state index in [1.54, 1.807) is 36.4 Å². The number of hydrogen-bond acceptors (Lipinski definition) is 4. The first-order valence-electron chi connectivity index (χ1n) is 6.47. The molecule has 0 saturated carbocycles. The molecule has 0 spiro atoms. The van der Waals surface area contributed by atoms with Gasteiger partial charge in [0.1, 0.15) is 17.3 Å². The van der Waals surface area contributed by atoms with E-state index < -0.39 is 11.8 Å². The third-order valence-corrected chi connectivity index (χ3v) is 2.76. The van der Waals surface area contributed by atoms with Gasteiger partial charge in [-0.3, -0.25) is 5.41 Å². The van der Waals surface area contributed by atoms with Crippen molar-refractivity contribution in [3.8, 4) is 22.6 Å². The van der Waals surface area contributed by atoms with Crippen molar-refractivity contribution in [3.05, 3.63) is 60.9 Å². The molecule has 0 amide bonds. The molecule has 0 saturated heterocycles. The minimum atomic E-state index is -0.553. The van der Waals surface area contributed by atoms with Gasteiger partial charge in [0.25, 0.3) is 0 Å². The molecule has 0 atom stereocenters. The zero-order valence-electron chi connectivity index (χ0n) is 11.9. The highest BCUT2D eigenvalue weighted by Crippen LogP contribution is 2.28. The van der Waals surface area contributed by atoms with Crippen LogP contribution >= 0.6 is 0 Å². The molecule has 0 aliphatic carbocycles. The lowest BCUT2D eigenvalue weighted by molar-refractivity contribution is -0.128. The van der Waals surface area contributed by atoms with Crippen molar-refractivity contribution in [3.63, 3.8) is 0 Å². The summed E-state index contributed by atoms with van der Waals surface area (Å²) in [5.74, 6) is -0.406. The van der Waals surface area contributed by atoms with Gasteiger partial charge in [0.05, 0.1) is 0 Å². The minimum Gasteiger partial charge on any atom is -0.444 e. The van der Waals surface area contributed by atoms with E-state index in [1.165, 1.54) is 13.0 Å². The van der Waals surface area contributed by atoms with Gasteiger partial charge in [0.2, 0.25) is 0 Å². The molecule has 0 aromatic heterocycles. The van der Waals surface area contributed by atoms with Crippen LogP contribution in [0.15, 0.2) is 55.1 Å². The first kappa shape index (κ1) is 15.4. The Morgan fingerprint density at radius 3 is 2.32 bits per heavy atom. The van der Waals surface area contributed by atoms with Crippen molar-refractivity contribution in [2.45, 2.75) is 6.92 Å². The third-order valence-electron chi connectivity index (χ3n) is 2.76. The quantitative estimate of drug-likeness (QED) is 0.305. The smallest absolute Gasteiger partial charge is 0.335 e. The number of carbonyl (C=O) groups is 1. The fraction of sp³-hybridized carbons (Fsp3) is 0.0588. The molecule has 112 valence electrons. The molecular weight excluding hydrogens is 285 g/mol. The fourth-order valence-corrected chi connectivity index (χ4v) is 1.83. The zero-order chi connectivity index (χ0) is 16.1. The van der Waals surface area contributed by atoms with Gasteiger partial charge in [0.15, 0.2) is 5.90 Å². The summed E-state index contributed by atoms with van der Waals surface area (Å²) >= 11 is 0. The predicted molar refractivity (Wildman–Crippen MR) is 81.7 cm³/mol. The topological polar surface area (TPSA) is 59.4 Å². The summed E-state index contributed by atoms with van der Waals surface area (Å²) < 4.78 is 24.1. The number of ether oxygens (including phenoxy) is 2. The minimum absolute atomic E-state index is 0.0134. The highest BCUT2D eigenvalue weighted by Gasteiger charge is 2.08. The zero-order valence-corrected chi connectivity index (χ0v) is 11.9. The van der Waals surface area contributed by atoms with Gasteiger partial charge in [-0.05, 0) is 29.8 Å². The molecule has 0 heterocycles. The summed E-state index contributed by atoms with van der Waals surface area (Å²) in [4.78, 5) is 11.1. The average molecular weight is 299 g/mol. The first-order valence-corrected chi connectivity index (χ1v) is 6.47. The number of hydrogen-bond donors (Lipinski definition) is 1. The molecule has 22 heavy (non-hydrogen) atoms. The molecule has 0 aliphatic heterocycles. The van der Waals surface area contributed by atoms with E-state index in [4.69, 9.17) is 14.9 Å². The third kappa shape index (κ3) is 3.79. The number of esters is 1. The molecule has 2 rings (SSSR count). The number of nitrogens with one attached hydrogen (secondary N) is 1. The van der Waals surface area contributed by atoms with E-state index in [2.05, 4.69) is 6.58 Å². The van der Waals surface area contributed by atoms with Gasteiger partial charge in [0, 0.05) is 24.6 Å². The van der Waals surface area contributed by atoms with E-state index >= 15 is 0 Å². The van der Waals surface area contributed by atoms with E-state index in [0.29, 0.717) is 16.9 Å². The van der Waals surface area contributed by atoms with E-state index in [1.807, 2.05) is 0 Å². The van der Waals surface area contributed by atoms with Gasteiger partial charge in [-0.1, -0.05) is 18.7 Å². The molecule has 1 N–H and O–H groups in total. The lowest BCUT2D eigenvalue weighted by atomic mass is 10.0. The van der Waals surface area contributed by atoms with E-state index in [9.17, 15) is 9.18 Å². The van der Waals surface area contributed by atoms with Crippen LogP contribution in [-0.4, -0.2) is 11.9 Å². The standard InChI is InChI=1S/C17H14FNO3/c1-3-17(20)22-13-6-4-12(5-7-13)15-9-8-14(10-16(15)18)21-11(2)19/h3-10,19H,1H2,2H3. The molecule has 4 nitrogen and oxygen atoms in total. The van der Waals surface area contributed by atoms with Crippen molar-refractivity contribution in [2.24, 2.45) is 0 Å². The maximum absolute atomic E-state index is 14.1. The Kier molecular flexibility index (Phi) is 4.68. The molecule has 0 radical (unpaired) electrons. The van der Waals surface area contributed by atoms with E-state index in [0.717, 1.165) is 6.08 Å². The Morgan fingerprint density at radius 2 is 1.77 bits per heavy atom. The van der Waals surface area contributed by atoms with Crippen molar-refractivity contribution >= 4 is 11.9 Å².